The largest absolute Gasteiger partial charge is 0.487 e. The molecule has 4 nitrogen and oxygen atoms in total. The fourth-order valence-electron chi connectivity index (χ4n) is 2.09. The summed E-state index contributed by atoms with van der Waals surface area (Å²) in [4.78, 5) is 16.3. The Kier molecular flexibility index (Phi) is 5.46. The lowest BCUT2D eigenvalue weighted by molar-refractivity contribution is 0.0951. The normalized spacial score (nSPS) is 10.4. The van der Waals surface area contributed by atoms with Crippen LogP contribution in [0.4, 0.5) is 0 Å². The molecule has 0 aliphatic heterocycles. The highest BCUT2D eigenvalue weighted by molar-refractivity contribution is 7.07. The molecule has 3 rings (SSSR count). The molecule has 1 N–H and O–H groups in total. The smallest absolute Gasteiger partial charge is 0.251 e. The van der Waals surface area contributed by atoms with Gasteiger partial charge in [0.15, 0.2) is 0 Å². The van der Waals surface area contributed by atoms with Crippen LogP contribution in [0.15, 0.2) is 59.4 Å². The van der Waals surface area contributed by atoms with Crippen molar-refractivity contribution in [1.29, 1.82) is 0 Å². The molecular formula is C18H15ClN2O2S. The minimum absolute atomic E-state index is 0.152. The highest BCUT2D eigenvalue weighted by atomic mass is 35.5. The molecule has 1 aromatic heterocycles. The number of nitrogens with zero attached hydrogens (tertiary/aromatic N) is 1. The number of aromatic nitrogens is 1. The van der Waals surface area contributed by atoms with E-state index in [0.29, 0.717) is 29.5 Å². The summed E-state index contributed by atoms with van der Waals surface area (Å²) in [6, 6.07) is 14.5. The number of benzene rings is 2. The maximum atomic E-state index is 12.2. The predicted octanol–water partition coefficient (Wildman–Crippen LogP) is 4.31. The van der Waals surface area contributed by atoms with Crippen molar-refractivity contribution in [3.8, 4) is 5.75 Å². The van der Waals surface area contributed by atoms with Crippen LogP contribution >= 0.6 is 22.9 Å². The fraction of sp³-hybridized carbons (Fsp3) is 0.111. The minimum atomic E-state index is -0.152. The number of amides is 1. The van der Waals surface area contributed by atoms with Crippen LogP contribution < -0.4 is 10.1 Å². The lowest BCUT2D eigenvalue weighted by Gasteiger charge is -2.08. The topological polar surface area (TPSA) is 51.2 Å². The summed E-state index contributed by atoms with van der Waals surface area (Å²) in [7, 11) is 0. The first-order valence-electron chi connectivity index (χ1n) is 7.34. The summed E-state index contributed by atoms with van der Waals surface area (Å²) in [5.74, 6) is 0.548. The van der Waals surface area contributed by atoms with E-state index >= 15 is 0 Å². The summed E-state index contributed by atoms with van der Waals surface area (Å²) in [5.41, 5.74) is 4.12. The number of hydrogen-bond donors (Lipinski definition) is 1. The Morgan fingerprint density at radius 3 is 2.67 bits per heavy atom. The van der Waals surface area contributed by atoms with Crippen molar-refractivity contribution in [2.45, 2.75) is 13.2 Å². The highest BCUT2D eigenvalue weighted by Gasteiger charge is 2.07. The lowest BCUT2D eigenvalue weighted by atomic mass is 10.2. The van der Waals surface area contributed by atoms with Crippen molar-refractivity contribution in [3.05, 3.63) is 81.3 Å². The van der Waals surface area contributed by atoms with Gasteiger partial charge in [0, 0.05) is 22.5 Å². The molecule has 122 valence electrons. The predicted molar refractivity (Wildman–Crippen MR) is 95.5 cm³/mol. The Labute approximate surface area is 149 Å². The van der Waals surface area contributed by atoms with Gasteiger partial charge < -0.3 is 10.1 Å². The average Bonchev–Trinajstić information content (AvgIpc) is 3.13. The summed E-state index contributed by atoms with van der Waals surface area (Å²) in [6.07, 6.45) is 0. The monoisotopic (exact) mass is 358 g/mol. The van der Waals surface area contributed by atoms with Crippen LogP contribution in [-0.4, -0.2) is 10.9 Å². The van der Waals surface area contributed by atoms with Gasteiger partial charge in [-0.25, -0.2) is 4.98 Å². The third-order valence-corrected chi connectivity index (χ3v) is 4.39. The summed E-state index contributed by atoms with van der Waals surface area (Å²) < 4.78 is 5.63. The summed E-state index contributed by atoms with van der Waals surface area (Å²) in [5, 5.41) is 5.44. The molecule has 0 aliphatic rings. The number of rotatable bonds is 6. The number of hydrogen-bond acceptors (Lipinski definition) is 4. The van der Waals surface area contributed by atoms with E-state index in [0.717, 1.165) is 11.3 Å². The zero-order valence-corrected chi connectivity index (χ0v) is 14.3. The first-order valence-corrected chi connectivity index (χ1v) is 8.66. The Balaban J connectivity index is 1.54. The Morgan fingerprint density at radius 1 is 1.17 bits per heavy atom. The van der Waals surface area contributed by atoms with Gasteiger partial charge in [0.25, 0.3) is 5.91 Å². The van der Waals surface area contributed by atoms with E-state index in [2.05, 4.69) is 10.3 Å². The van der Waals surface area contributed by atoms with Gasteiger partial charge in [0.05, 0.1) is 11.2 Å². The van der Waals surface area contributed by atoms with Crippen LogP contribution in [0.25, 0.3) is 0 Å². The van der Waals surface area contributed by atoms with Gasteiger partial charge in [-0.1, -0.05) is 29.8 Å². The van der Waals surface area contributed by atoms with Gasteiger partial charge in [-0.05, 0) is 35.9 Å². The molecule has 1 heterocycles. The number of ether oxygens (including phenoxy) is 1. The standard InChI is InChI=1S/C18H15ClN2O2S/c19-17-4-2-1-3-14(17)9-20-18(22)13-5-7-16(8-6-13)23-10-15-11-24-12-21-15/h1-8,11-12H,9-10H2,(H,20,22). The maximum absolute atomic E-state index is 12.2. The second-order valence-corrected chi connectivity index (χ2v) is 6.19. The van der Waals surface area contributed by atoms with Crippen molar-refractivity contribution < 1.29 is 9.53 Å². The van der Waals surface area contributed by atoms with Crippen LogP contribution in [0.1, 0.15) is 21.6 Å². The number of halogens is 1. The van der Waals surface area contributed by atoms with E-state index in [1.54, 1.807) is 35.8 Å². The third-order valence-electron chi connectivity index (χ3n) is 3.38. The molecule has 0 atom stereocenters. The van der Waals surface area contributed by atoms with Crippen LogP contribution in [-0.2, 0) is 13.2 Å². The molecule has 3 aromatic rings. The summed E-state index contributed by atoms with van der Waals surface area (Å²) >= 11 is 7.61. The molecular weight excluding hydrogens is 344 g/mol. The molecule has 24 heavy (non-hydrogen) atoms. The summed E-state index contributed by atoms with van der Waals surface area (Å²) in [6.45, 7) is 0.808. The molecule has 0 radical (unpaired) electrons. The Morgan fingerprint density at radius 2 is 1.96 bits per heavy atom. The van der Waals surface area contributed by atoms with E-state index in [9.17, 15) is 4.79 Å². The van der Waals surface area contributed by atoms with E-state index in [1.165, 1.54) is 11.3 Å². The average molecular weight is 359 g/mol. The molecule has 1 amide bonds. The number of carbonyl (C=O) groups is 1. The third kappa shape index (κ3) is 4.34. The van der Waals surface area contributed by atoms with Gasteiger partial charge in [0.1, 0.15) is 12.4 Å². The molecule has 0 aliphatic carbocycles. The Hall–Kier alpha value is -2.37. The maximum Gasteiger partial charge on any atom is 0.251 e. The minimum Gasteiger partial charge on any atom is -0.487 e. The second kappa shape index (κ2) is 7.95. The van der Waals surface area contributed by atoms with Crippen molar-refractivity contribution in [3.63, 3.8) is 0 Å². The van der Waals surface area contributed by atoms with E-state index < -0.39 is 0 Å². The quantitative estimate of drug-likeness (QED) is 0.714. The molecule has 0 saturated heterocycles. The first kappa shape index (κ1) is 16.5. The van der Waals surface area contributed by atoms with Gasteiger partial charge in [-0.2, -0.15) is 0 Å². The molecule has 6 heteroatoms. The molecule has 0 bridgehead atoms. The zero-order chi connectivity index (χ0) is 16.8. The SMILES string of the molecule is O=C(NCc1ccccc1Cl)c1ccc(OCc2cscn2)cc1. The van der Waals surface area contributed by atoms with Crippen molar-refractivity contribution in [2.24, 2.45) is 0 Å². The lowest BCUT2D eigenvalue weighted by Crippen LogP contribution is -2.22. The first-order chi connectivity index (χ1) is 11.7. The Bertz CT molecular complexity index is 804. The zero-order valence-electron chi connectivity index (χ0n) is 12.7. The van der Waals surface area contributed by atoms with Crippen LogP contribution in [0.3, 0.4) is 0 Å². The van der Waals surface area contributed by atoms with Crippen molar-refractivity contribution >= 4 is 28.8 Å². The molecule has 0 spiro atoms. The molecule has 0 saturated carbocycles. The van der Waals surface area contributed by atoms with Gasteiger partial charge in [-0.3, -0.25) is 4.79 Å². The number of thiazole rings is 1. The van der Waals surface area contributed by atoms with E-state index in [-0.39, 0.29) is 5.91 Å². The van der Waals surface area contributed by atoms with Crippen molar-refractivity contribution in [2.75, 3.05) is 0 Å². The van der Waals surface area contributed by atoms with E-state index in [4.69, 9.17) is 16.3 Å². The molecule has 0 unspecified atom stereocenters. The van der Waals surface area contributed by atoms with Crippen LogP contribution in [0.5, 0.6) is 5.75 Å². The van der Waals surface area contributed by atoms with E-state index in [1.807, 2.05) is 23.6 Å². The number of nitrogens with one attached hydrogen (secondary N) is 1. The molecule has 2 aromatic carbocycles. The van der Waals surface area contributed by atoms with Gasteiger partial charge in [-0.15, -0.1) is 11.3 Å². The number of carbonyl (C=O) groups excluding carboxylic acids is 1. The van der Waals surface area contributed by atoms with Gasteiger partial charge in [0.2, 0.25) is 0 Å². The highest BCUT2D eigenvalue weighted by Crippen LogP contribution is 2.16. The molecule has 0 fully saturated rings. The fourth-order valence-corrected chi connectivity index (χ4v) is 2.83. The van der Waals surface area contributed by atoms with Crippen LogP contribution in [0.2, 0.25) is 5.02 Å². The van der Waals surface area contributed by atoms with Crippen LogP contribution in [0, 0.1) is 0 Å². The van der Waals surface area contributed by atoms with Gasteiger partial charge >= 0.3 is 0 Å². The second-order valence-electron chi connectivity index (χ2n) is 5.07. The van der Waals surface area contributed by atoms with Crippen molar-refractivity contribution in [1.82, 2.24) is 10.3 Å².